The van der Waals surface area contributed by atoms with E-state index in [1.165, 1.54) is 12.8 Å². The van der Waals surface area contributed by atoms with Gasteiger partial charge in [0, 0.05) is 28.3 Å². The second-order valence-corrected chi connectivity index (χ2v) is 5.95. The van der Waals surface area contributed by atoms with Gasteiger partial charge in [0.15, 0.2) is 0 Å². The maximum absolute atomic E-state index is 11.8. The summed E-state index contributed by atoms with van der Waals surface area (Å²) in [6.07, 6.45) is 4.24. The molecule has 4 nitrogen and oxygen atoms in total. The highest BCUT2D eigenvalue weighted by Gasteiger charge is 2.21. The summed E-state index contributed by atoms with van der Waals surface area (Å²) < 4.78 is 0.955. The zero-order chi connectivity index (χ0) is 13.9. The van der Waals surface area contributed by atoms with E-state index in [9.17, 15) is 4.79 Å². The fraction of sp³-hybridized carbons (Fsp3) is 0.333. The van der Waals surface area contributed by atoms with Crippen LogP contribution in [0.25, 0.3) is 10.9 Å². The summed E-state index contributed by atoms with van der Waals surface area (Å²) in [6, 6.07) is 7.81. The van der Waals surface area contributed by atoms with E-state index in [-0.39, 0.29) is 5.91 Å². The van der Waals surface area contributed by atoms with E-state index < -0.39 is 0 Å². The molecule has 1 aromatic heterocycles. The third-order valence-electron chi connectivity index (χ3n) is 3.45. The van der Waals surface area contributed by atoms with Gasteiger partial charge in [-0.25, -0.2) is 0 Å². The Kier molecular flexibility index (Phi) is 3.87. The lowest BCUT2D eigenvalue weighted by Gasteiger charge is -2.10. The van der Waals surface area contributed by atoms with Crippen LogP contribution in [-0.4, -0.2) is 24.0 Å². The first-order valence-electron chi connectivity index (χ1n) is 6.78. The molecule has 3 rings (SSSR count). The average molecular weight is 334 g/mol. The van der Waals surface area contributed by atoms with Crippen LogP contribution >= 0.6 is 15.9 Å². The molecule has 0 aliphatic heterocycles. The molecule has 1 saturated carbocycles. The van der Waals surface area contributed by atoms with Gasteiger partial charge in [-0.1, -0.05) is 12.1 Å². The van der Waals surface area contributed by atoms with Gasteiger partial charge in [-0.3, -0.25) is 9.78 Å². The molecule has 0 atom stereocenters. The molecule has 2 aromatic rings. The monoisotopic (exact) mass is 333 g/mol. The Morgan fingerprint density at radius 2 is 2.20 bits per heavy atom. The maximum Gasteiger partial charge on any atom is 0.239 e. The van der Waals surface area contributed by atoms with Crippen LogP contribution in [0.2, 0.25) is 0 Å². The summed E-state index contributed by atoms with van der Waals surface area (Å²) in [6.45, 7) is 1.10. The molecule has 1 aliphatic carbocycles. The van der Waals surface area contributed by atoms with Crippen LogP contribution in [0.5, 0.6) is 0 Å². The quantitative estimate of drug-likeness (QED) is 0.884. The van der Waals surface area contributed by atoms with E-state index in [4.69, 9.17) is 0 Å². The average Bonchev–Trinajstić information content (AvgIpc) is 3.27. The number of anilines is 1. The number of hydrogen-bond donors (Lipinski definition) is 2. The fourth-order valence-electron chi connectivity index (χ4n) is 2.11. The smallest absolute Gasteiger partial charge is 0.239 e. The number of amides is 1. The highest BCUT2D eigenvalue weighted by molar-refractivity contribution is 9.10. The number of fused-ring (bicyclic) bond motifs is 1. The van der Waals surface area contributed by atoms with Gasteiger partial charge in [0.05, 0.1) is 12.1 Å². The number of rotatable bonds is 5. The summed E-state index contributed by atoms with van der Waals surface area (Å²) >= 11 is 3.49. The molecule has 0 spiro atoms. The van der Waals surface area contributed by atoms with Crippen molar-refractivity contribution in [2.24, 2.45) is 5.92 Å². The number of carbonyl (C=O) groups excluding carboxylic acids is 1. The molecule has 0 saturated heterocycles. The van der Waals surface area contributed by atoms with Crippen LogP contribution in [0.1, 0.15) is 12.8 Å². The van der Waals surface area contributed by atoms with Crippen LogP contribution in [0.15, 0.2) is 34.9 Å². The second kappa shape index (κ2) is 5.79. The van der Waals surface area contributed by atoms with Crippen molar-refractivity contribution >= 4 is 38.4 Å². The van der Waals surface area contributed by atoms with E-state index in [1.54, 1.807) is 6.20 Å². The van der Waals surface area contributed by atoms with Gasteiger partial charge in [-0.15, -0.1) is 0 Å². The van der Waals surface area contributed by atoms with Gasteiger partial charge in [0.1, 0.15) is 0 Å². The Morgan fingerprint density at radius 3 is 3.00 bits per heavy atom. The molecule has 1 amide bonds. The van der Waals surface area contributed by atoms with Gasteiger partial charge in [0.2, 0.25) is 5.91 Å². The topological polar surface area (TPSA) is 54.0 Å². The number of nitrogens with zero attached hydrogens (tertiary/aromatic N) is 1. The van der Waals surface area contributed by atoms with Gasteiger partial charge in [-0.2, -0.15) is 0 Å². The van der Waals surface area contributed by atoms with E-state index in [1.807, 2.05) is 24.3 Å². The number of halogens is 1. The largest absolute Gasteiger partial charge is 0.376 e. The van der Waals surface area contributed by atoms with Gasteiger partial charge in [-0.05, 0) is 46.8 Å². The summed E-state index contributed by atoms with van der Waals surface area (Å²) in [5, 5.41) is 7.14. The fourth-order valence-corrected chi connectivity index (χ4v) is 2.58. The number of benzene rings is 1. The predicted octanol–water partition coefficient (Wildman–Crippen LogP) is 2.94. The summed E-state index contributed by atoms with van der Waals surface area (Å²) in [5.74, 6) is 0.744. The highest BCUT2D eigenvalue weighted by Crippen LogP contribution is 2.28. The molecule has 0 unspecified atom stereocenters. The molecule has 20 heavy (non-hydrogen) atoms. The van der Waals surface area contributed by atoms with Crippen molar-refractivity contribution in [2.75, 3.05) is 18.4 Å². The lowest BCUT2D eigenvalue weighted by Crippen LogP contribution is -2.31. The van der Waals surface area contributed by atoms with Gasteiger partial charge in [0.25, 0.3) is 0 Å². The number of para-hydroxylation sites is 1. The summed E-state index contributed by atoms with van der Waals surface area (Å²) in [5.41, 5.74) is 1.83. The Labute approximate surface area is 126 Å². The van der Waals surface area contributed by atoms with E-state index in [0.717, 1.165) is 27.6 Å². The molecular formula is C15H16BrN3O. The number of aromatic nitrogens is 1. The number of carbonyl (C=O) groups is 1. The maximum atomic E-state index is 11.8. The van der Waals surface area contributed by atoms with Crippen molar-refractivity contribution in [3.05, 3.63) is 34.9 Å². The van der Waals surface area contributed by atoms with Crippen LogP contribution in [0, 0.1) is 5.92 Å². The number of nitrogens with one attached hydrogen (secondary N) is 2. The minimum atomic E-state index is 0.0388. The summed E-state index contributed by atoms with van der Waals surface area (Å²) in [4.78, 5) is 16.1. The SMILES string of the molecule is O=C(CNc1ccnc2c(Br)cccc12)NCC1CC1. The zero-order valence-corrected chi connectivity index (χ0v) is 12.6. The molecule has 104 valence electrons. The van der Waals surface area contributed by atoms with Crippen molar-refractivity contribution in [1.29, 1.82) is 0 Å². The first-order chi connectivity index (χ1) is 9.74. The number of hydrogen-bond acceptors (Lipinski definition) is 3. The lowest BCUT2D eigenvalue weighted by molar-refractivity contribution is -0.119. The Balaban J connectivity index is 1.67. The minimum absolute atomic E-state index is 0.0388. The molecule has 0 radical (unpaired) electrons. The normalized spacial score (nSPS) is 14.2. The van der Waals surface area contributed by atoms with Crippen molar-refractivity contribution in [3.8, 4) is 0 Å². The third kappa shape index (κ3) is 3.10. The second-order valence-electron chi connectivity index (χ2n) is 5.10. The molecular weight excluding hydrogens is 318 g/mol. The van der Waals surface area contributed by atoms with E-state index in [2.05, 4.69) is 31.5 Å². The number of pyridine rings is 1. The molecule has 1 aliphatic rings. The molecule has 5 heteroatoms. The van der Waals surface area contributed by atoms with Crippen LogP contribution in [0.4, 0.5) is 5.69 Å². The standard InChI is InChI=1S/C15H16BrN3O/c16-12-3-1-2-11-13(6-7-17-15(11)12)18-9-14(20)19-8-10-4-5-10/h1-3,6-7,10H,4-5,8-9H2,(H,17,18)(H,19,20). The Bertz CT molecular complexity index is 640. The van der Waals surface area contributed by atoms with Crippen molar-refractivity contribution in [2.45, 2.75) is 12.8 Å². The molecule has 2 N–H and O–H groups in total. The molecule has 1 aromatic carbocycles. The first kappa shape index (κ1) is 13.4. The van der Waals surface area contributed by atoms with E-state index in [0.29, 0.717) is 12.5 Å². The van der Waals surface area contributed by atoms with Crippen LogP contribution < -0.4 is 10.6 Å². The minimum Gasteiger partial charge on any atom is -0.376 e. The van der Waals surface area contributed by atoms with Crippen molar-refractivity contribution < 1.29 is 4.79 Å². The van der Waals surface area contributed by atoms with Crippen LogP contribution in [0.3, 0.4) is 0 Å². The Morgan fingerprint density at radius 1 is 1.35 bits per heavy atom. The highest BCUT2D eigenvalue weighted by atomic mass is 79.9. The van der Waals surface area contributed by atoms with Gasteiger partial charge >= 0.3 is 0 Å². The summed E-state index contributed by atoms with van der Waals surface area (Å²) in [7, 11) is 0. The Hall–Kier alpha value is -1.62. The van der Waals surface area contributed by atoms with Crippen molar-refractivity contribution in [3.63, 3.8) is 0 Å². The van der Waals surface area contributed by atoms with E-state index >= 15 is 0 Å². The zero-order valence-electron chi connectivity index (χ0n) is 11.0. The van der Waals surface area contributed by atoms with Gasteiger partial charge < -0.3 is 10.6 Å². The van der Waals surface area contributed by atoms with Crippen molar-refractivity contribution in [1.82, 2.24) is 10.3 Å². The predicted molar refractivity (Wildman–Crippen MR) is 83.7 cm³/mol. The molecule has 0 bridgehead atoms. The molecule has 1 heterocycles. The molecule has 1 fully saturated rings. The lowest BCUT2D eigenvalue weighted by atomic mass is 10.2. The third-order valence-corrected chi connectivity index (χ3v) is 4.09. The van der Waals surface area contributed by atoms with Crippen LogP contribution in [-0.2, 0) is 4.79 Å². The first-order valence-corrected chi connectivity index (χ1v) is 7.57.